The van der Waals surface area contributed by atoms with Gasteiger partial charge in [-0.05, 0) is 0 Å². The van der Waals surface area contributed by atoms with Crippen molar-refractivity contribution in [3.63, 3.8) is 0 Å². The van der Waals surface area contributed by atoms with E-state index in [-0.39, 0.29) is 12.5 Å². The van der Waals surface area contributed by atoms with Gasteiger partial charge in [0, 0.05) is 39.5 Å². The van der Waals surface area contributed by atoms with Gasteiger partial charge in [-0.3, -0.25) is 14.8 Å². The monoisotopic (exact) mass is 336 g/mol. The first kappa shape index (κ1) is 16.6. The number of carbonyl (C=O) groups is 1. The maximum atomic E-state index is 12.4. The summed E-state index contributed by atoms with van der Waals surface area (Å²) in [7, 11) is 1.56. The zero-order valence-electron chi connectivity index (χ0n) is 13.4. The fourth-order valence-corrected chi connectivity index (χ4v) is 2.67. The largest absolute Gasteiger partial charge is 0.390 e. The van der Waals surface area contributed by atoms with Gasteiger partial charge in [-0.1, -0.05) is 5.16 Å². The van der Waals surface area contributed by atoms with Gasteiger partial charge in [0.25, 0.3) is 5.91 Å². The molecule has 10 nitrogen and oxygen atoms in total. The molecule has 1 aliphatic rings. The Bertz CT molecular complexity index is 658. The summed E-state index contributed by atoms with van der Waals surface area (Å²) < 4.78 is 10.1. The molecule has 2 aromatic heterocycles. The molecule has 2 aromatic rings. The lowest BCUT2D eigenvalue weighted by atomic mass is 10.2. The van der Waals surface area contributed by atoms with Crippen molar-refractivity contribution >= 4 is 5.91 Å². The number of β-amino-alcohol motifs (C(OH)–C–C–N with tert-alkyl or cyclic N) is 1. The number of rotatable bonds is 5. The number of carbonyl (C=O) groups excluding carboxylic acids is 1. The van der Waals surface area contributed by atoms with Gasteiger partial charge in [-0.2, -0.15) is 10.1 Å². The van der Waals surface area contributed by atoms with Gasteiger partial charge in [0.05, 0.1) is 24.4 Å². The summed E-state index contributed by atoms with van der Waals surface area (Å²) in [5.41, 5.74) is 0.483. The van der Waals surface area contributed by atoms with Crippen molar-refractivity contribution in [1.29, 1.82) is 0 Å². The Labute approximate surface area is 138 Å². The zero-order valence-corrected chi connectivity index (χ0v) is 13.4. The van der Waals surface area contributed by atoms with Gasteiger partial charge in [-0.25, -0.2) is 0 Å². The molecule has 3 heterocycles. The second kappa shape index (κ2) is 7.51. The third-order valence-corrected chi connectivity index (χ3v) is 3.76. The number of methoxy groups -OCH3 is 1. The van der Waals surface area contributed by atoms with Gasteiger partial charge in [-0.15, -0.1) is 0 Å². The van der Waals surface area contributed by atoms with Gasteiger partial charge >= 0.3 is 0 Å². The molecule has 0 saturated carbocycles. The maximum Gasteiger partial charge on any atom is 0.257 e. The maximum absolute atomic E-state index is 12.4. The molecule has 2 N–H and O–H groups in total. The minimum Gasteiger partial charge on any atom is -0.390 e. The Morgan fingerprint density at radius 1 is 1.50 bits per heavy atom. The van der Waals surface area contributed by atoms with Crippen LogP contribution in [0.1, 0.15) is 22.1 Å². The average Bonchev–Trinajstić information content (AvgIpc) is 3.19. The highest BCUT2D eigenvalue weighted by Gasteiger charge is 2.26. The third kappa shape index (κ3) is 3.96. The van der Waals surface area contributed by atoms with E-state index in [2.05, 4.69) is 20.3 Å². The quantitative estimate of drug-likeness (QED) is 0.732. The number of aromatic amines is 1. The van der Waals surface area contributed by atoms with Crippen LogP contribution < -0.4 is 0 Å². The summed E-state index contributed by atoms with van der Waals surface area (Å²) in [5, 5.41) is 20.4. The van der Waals surface area contributed by atoms with E-state index in [1.807, 2.05) is 4.90 Å². The van der Waals surface area contributed by atoms with E-state index < -0.39 is 6.10 Å². The molecule has 0 unspecified atom stereocenters. The van der Waals surface area contributed by atoms with Crippen LogP contribution in [0.15, 0.2) is 16.9 Å². The molecule has 130 valence electrons. The van der Waals surface area contributed by atoms with Crippen molar-refractivity contribution in [2.75, 3.05) is 33.3 Å². The molecule has 0 bridgehead atoms. The number of aromatic nitrogens is 4. The third-order valence-electron chi connectivity index (χ3n) is 3.76. The second-order valence-electron chi connectivity index (χ2n) is 5.66. The highest BCUT2D eigenvalue weighted by Crippen LogP contribution is 2.11. The number of H-pyrrole nitrogens is 1. The zero-order chi connectivity index (χ0) is 16.9. The van der Waals surface area contributed by atoms with Crippen molar-refractivity contribution < 1.29 is 19.2 Å². The topological polar surface area (TPSA) is 121 Å². The van der Waals surface area contributed by atoms with Crippen LogP contribution >= 0.6 is 0 Å². The van der Waals surface area contributed by atoms with Gasteiger partial charge in [0.15, 0.2) is 5.82 Å². The molecular weight excluding hydrogens is 316 g/mol. The summed E-state index contributed by atoms with van der Waals surface area (Å²) >= 11 is 0. The van der Waals surface area contributed by atoms with Gasteiger partial charge < -0.3 is 19.3 Å². The molecule has 24 heavy (non-hydrogen) atoms. The predicted octanol–water partition coefficient (Wildman–Crippen LogP) is -0.742. The minimum absolute atomic E-state index is 0.148. The molecule has 0 aliphatic carbocycles. The van der Waals surface area contributed by atoms with Crippen molar-refractivity contribution in [3.05, 3.63) is 29.7 Å². The van der Waals surface area contributed by atoms with E-state index in [1.165, 1.54) is 6.20 Å². The number of aliphatic hydroxyl groups excluding tert-OH is 1. The van der Waals surface area contributed by atoms with Crippen LogP contribution in [0.3, 0.4) is 0 Å². The molecule has 10 heteroatoms. The number of amides is 1. The van der Waals surface area contributed by atoms with Crippen LogP contribution in [0.5, 0.6) is 0 Å². The van der Waals surface area contributed by atoms with Gasteiger partial charge in [0.1, 0.15) is 6.61 Å². The Hall–Kier alpha value is -2.30. The fraction of sp³-hybridized carbons (Fsp3) is 0.571. The highest BCUT2D eigenvalue weighted by molar-refractivity contribution is 5.93. The molecule has 1 atom stereocenters. The van der Waals surface area contributed by atoms with E-state index in [0.717, 1.165) is 0 Å². The summed E-state index contributed by atoms with van der Waals surface area (Å²) in [6.45, 7) is 2.51. The number of aliphatic hydroxyl groups is 1. The lowest BCUT2D eigenvalue weighted by molar-refractivity contribution is 0.0661. The lowest BCUT2D eigenvalue weighted by Gasteiger charge is -2.20. The lowest BCUT2D eigenvalue weighted by Crippen LogP contribution is -2.37. The molecule has 0 spiro atoms. The molecule has 1 amide bonds. The number of ether oxygens (including phenoxy) is 1. The summed E-state index contributed by atoms with van der Waals surface area (Å²) in [4.78, 5) is 20.2. The van der Waals surface area contributed by atoms with Crippen molar-refractivity contribution in [1.82, 2.24) is 30.1 Å². The van der Waals surface area contributed by atoms with E-state index in [1.54, 1.807) is 18.2 Å². The van der Waals surface area contributed by atoms with E-state index in [9.17, 15) is 9.90 Å². The number of nitrogens with zero attached hydrogens (tertiary/aromatic N) is 5. The Morgan fingerprint density at radius 2 is 2.38 bits per heavy atom. The predicted molar refractivity (Wildman–Crippen MR) is 80.8 cm³/mol. The van der Waals surface area contributed by atoms with Gasteiger partial charge in [0.2, 0.25) is 5.89 Å². The SMILES string of the molecule is COCc1noc(CN2CCN(C(=O)c3cn[nH]c3)C[C@@H](O)C2)n1. The van der Waals surface area contributed by atoms with Crippen molar-refractivity contribution in [3.8, 4) is 0 Å². The van der Waals surface area contributed by atoms with Crippen LogP contribution in [0, 0.1) is 0 Å². The Morgan fingerprint density at radius 3 is 3.12 bits per heavy atom. The van der Waals surface area contributed by atoms with E-state index >= 15 is 0 Å². The standard InChI is InChI=1S/C14H20N6O4/c1-23-9-12-17-13(24-18-12)8-19-2-3-20(7-11(21)6-19)14(22)10-4-15-16-5-10/h4-5,11,21H,2-3,6-9H2,1H3,(H,15,16)/t11-/m0/s1. The van der Waals surface area contributed by atoms with E-state index in [4.69, 9.17) is 9.26 Å². The highest BCUT2D eigenvalue weighted by atomic mass is 16.5. The smallest absolute Gasteiger partial charge is 0.257 e. The van der Waals surface area contributed by atoms with Crippen LogP contribution in [-0.2, 0) is 17.9 Å². The fourth-order valence-electron chi connectivity index (χ4n) is 2.67. The number of hydrogen-bond donors (Lipinski definition) is 2. The van der Waals surface area contributed by atoms with Crippen molar-refractivity contribution in [2.24, 2.45) is 0 Å². The van der Waals surface area contributed by atoms with Crippen LogP contribution in [-0.4, -0.2) is 80.5 Å². The van der Waals surface area contributed by atoms with Crippen molar-refractivity contribution in [2.45, 2.75) is 19.3 Å². The van der Waals surface area contributed by atoms with Crippen LogP contribution in [0.4, 0.5) is 0 Å². The average molecular weight is 336 g/mol. The first-order chi connectivity index (χ1) is 11.7. The first-order valence-corrected chi connectivity index (χ1v) is 7.64. The van der Waals surface area contributed by atoms with Crippen LogP contribution in [0.25, 0.3) is 0 Å². The molecule has 1 fully saturated rings. The molecule has 0 aromatic carbocycles. The minimum atomic E-state index is -0.648. The molecular formula is C14H20N6O4. The second-order valence-corrected chi connectivity index (χ2v) is 5.66. The van der Waals surface area contributed by atoms with Crippen LogP contribution in [0.2, 0.25) is 0 Å². The molecule has 1 aliphatic heterocycles. The number of hydrogen-bond acceptors (Lipinski definition) is 8. The number of nitrogens with one attached hydrogen (secondary N) is 1. The molecule has 1 saturated heterocycles. The summed E-state index contributed by atoms with van der Waals surface area (Å²) in [6.07, 6.45) is 2.38. The molecule has 3 rings (SSSR count). The normalized spacial score (nSPS) is 19.4. The summed E-state index contributed by atoms with van der Waals surface area (Å²) in [5.74, 6) is 0.799. The first-order valence-electron chi connectivity index (χ1n) is 7.64. The Balaban J connectivity index is 1.60. The molecule has 0 radical (unpaired) electrons. The summed E-state index contributed by atoms with van der Waals surface area (Å²) in [6, 6.07) is 0. The Kier molecular flexibility index (Phi) is 5.18. The van der Waals surface area contributed by atoms with E-state index in [0.29, 0.717) is 50.1 Å².